The van der Waals surface area contributed by atoms with Gasteiger partial charge in [-0.15, -0.1) is 22.7 Å². The molecule has 1 spiro atoms. The molecule has 13 rings (SSSR count). The number of rotatable bonds is 4. The van der Waals surface area contributed by atoms with Crippen molar-refractivity contribution in [3.05, 3.63) is 216 Å². The van der Waals surface area contributed by atoms with Gasteiger partial charge < -0.3 is 4.74 Å². The minimum atomic E-state index is -0.529. The molecule has 11 aromatic rings. The highest BCUT2D eigenvalue weighted by Gasteiger charge is 2.51. The molecule has 2 aromatic heterocycles. The minimum absolute atomic E-state index is 0.529. The van der Waals surface area contributed by atoms with Gasteiger partial charge in [-0.25, -0.2) is 9.97 Å². The van der Waals surface area contributed by atoms with E-state index in [1.54, 1.807) is 22.7 Å². The number of hydrogen-bond donors (Lipinski definition) is 0. The van der Waals surface area contributed by atoms with Crippen LogP contribution in [0.3, 0.4) is 0 Å². The maximum absolute atomic E-state index is 6.63. The Kier molecular flexibility index (Phi) is 7.26. The van der Waals surface area contributed by atoms with E-state index in [2.05, 4.69) is 194 Å². The average molecular weight is 801 g/mol. The van der Waals surface area contributed by atoms with Crippen molar-refractivity contribution < 1.29 is 4.74 Å². The number of benzene rings is 9. The van der Waals surface area contributed by atoms with Crippen LogP contribution in [-0.2, 0) is 5.41 Å². The average Bonchev–Trinajstić information content (AvgIpc) is 4.02. The van der Waals surface area contributed by atoms with Gasteiger partial charge in [0.25, 0.3) is 0 Å². The molecule has 2 aliphatic rings. The summed E-state index contributed by atoms with van der Waals surface area (Å²) in [5, 5.41) is 4.48. The maximum atomic E-state index is 6.63. The van der Waals surface area contributed by atoms with Gasteiger partial charge in [-0.3, -0.25) is 0 Å². The summed E-state index contributed by atoms with van der Waals surface area (Å²) >= 11 is 3.47. The van der Waals surface area contributed by atoms with Crippen molar-refractivity contribution in [3.8, 4) is 66.0 Å². The highest BCUT2D eigenvalue weighted by atomic mass is 32.1. The van der Waals surface area contributed by atoms with Crippen molar-refractivity contribution in [2.45, 2.75) is 5.41 Å². The summed E-state index contributed by atoms with van der Waals surface area (Å²) in [6.45, 7) is 0. The summed E-state index contributed by atoms with van der Waals surface area (Å²) in [4.78, 5) is 10.2. The number of nitrogens with zero attached hydrogens (tertiary/aromatic N) is 2. The van der Waals surface area contributed by atoms with Crippen LogP contribution in [0, 0.1) is 0 Å². The van der Waals surface area contributed by atoms with Crippen molar-refractivity contribution in [3.63, 3.8) is 0 Å². The first-order chi connectivity index (χ1) is 29.7. The maximum Gasteiger partial charge on any atom is 0.132 e. The number of fused-ring (bicyclic) bond motifs is 12. The molecule has 0 N–H and O–H groups in total. The van der Waals surface area contributed by atoms with Crippen LogP contribution in [0.15, 0.2) is 194 Å². The number of para-hydroxylation sites is 4. The number of ether oxygens (including phenoxy) is 1. The second kappa shape index (κ2) is 12.9. The smallest absolute Gasteiger partial charge is 0.132 e. The molecule has 280 valence electrons. The van der Waals surface area contributed by atoms with Crippen LogP contribution in [-0.4, -0.2) is 9.97 Å². The van der Waals surface area contributed by atoms with Crippen molar-refractivity contribution >= 4 is 53.9 Å². The Morgan fingerprint density at radius 3 is 1.50 bits per heavy atom. The van der Waals surface area contributed by atoms with Crippen molar-refractivity contribution in [2.24, 2.45) is 0 Å². The second-order valence-electron chi connectivity index (χ2n) is 15.7. The van der Waals surface area contributed by atoms with Crippen LogP contribution in [0.5, 0.6) is 11.5 Å². The second-order valence-corrected chi connectivity index (χ2v) is 17.8. The Bertz CT molecular complexity index is 3360. The molecule has 0 unspecified atom stereocenters. The summed E-state index contributed by atoms with van der Waals surface area (Å²) in [5.74, 6) is 1.80. The van der Waals surface area contributed by atoms with Gasteiger partial charge in [-0.05, 0) is 134 Å². The van der Waals surface area contributed by atoms with Crippen LogP contribution in [0.4, 0.5) is 0 Å². The molecule has 60 heavy (non-hydrogen) atoms. The van der Waals surface area contributed by atoms with Crippen LogP contribution in [0.25, 0.3) is 85.7 Å². The van der Waals surface area contributed by atoms with E-state index in [4.69, 9.17) is 14.7 Å². The van der Waals surface area contributed by atoms with E-state index in [1.165, 1.54) is 64.7 Å². The summed E-state index contributed by atoms with van der Waals surface area (Å²) in [6, 6.07) is 70.4. The largest absolute Gasteiger partial charge is 0.457 e. The quantitative estimate of drug-likeness (QED) is 0.178. The van der Waals surface area contributed by atoms with E-state index in [-0.39, 0.29) is 0 Å². The lowest BCUT2D eigenvalue weighted by molar-refractivity contribution is 0.436. The molecule has 9 aromatic carbocycles. The number of thiazole rings is 2. The first kappa shape index (κ1) is 33.8. The third kappa shape index (κ3) is 5.00. The molecule has 0 atom stereocenters. The molecular formula is C55H32N2OS2. The number of hydrogen-bond acceptors (Lipinski definition) is 5. The van der Waals surface area contributed by atoms with Crippen LogP contribution < -0.4 is 4.74 Å². The van der Waals surface area contributed by atoms with E-state index < -0.39 is 5.41 Å². The zero-order chi connectivity index (χ0) is 39.4. The van der Waals surface area contributed by atoms with Crippen molar-refractivity contribution in [1.29, 1.82) is 0 Å². The third-order valence-electron chi connectivity index (χ3n) is 12.3. The van der Waals surface area contributed by atoms with Crippen LogP contribution >= 0.6 is 22.7 Å². The monoisotopic (exact) mass is 800 g/mol. The zero-order valence-electron chi connectivity index (χ0n) is 32.1. The van der Waals surface area contributed by atoms with Gasteiger partial charge in [0, 0.05) is 22.3 Å². The van der Waals surface area contributed by atoms with Gasteiger partial charge >= 0.3 is 0 Å². The fourth-order valence-corrected chi connectivity index (χ4v) is 11.6. The summed E-state index contributed by atoms with van der Waals surface area (Å²) in [5.41, 5.74) is 15.7. The Labute approximate surface area is 354 Å². The van der Waals surface area contributed by atoms with E-state index in [0.29, 0.717) is 0 Å². The van der Waals surface area contributed by atoms with E-state index in [0.717, 1.165) is 54.8 Å². The Balaban J connectivity index is 0.994. The predicted molar refractivity (Wildman–Crippen MR) is 249 cm³/mol. The first-order valence-corrected chi connectivity index (χ1v) is 21.8. The topological polar surface area (TPSA) is 35.0 Å². The number of aromatic nitrogens is 2. The molecule has 0 bridgehead atoms. The molecule has 1 aliphatic heterocycles. The molecule has 0 amide bonds. The van der Waals surface area contributed by atoms with Gasteiger partial charge in [0.1, 0.15) is 21.5 Å². The Morgan fingerprint density at radius 1 is 0.350 bits per heavy atom. The van der Waals surface area contributed by atoms with E-state index in [1.807, 2.05) is 0 Å². The summed E-state index contributed by atoms with van der Waals surface area (Å²) < 4.78 is 8.99. The van der Waals surface area contributed by atoms with Gasteiger partial charge in [-0.1, -0.05) is 115 Å². The molecule has 3 heterocycles. The Morgan fingerprint density at radius 2 is 0.850 bits per heavy atom. The summed E-state index contributed by atoms with van der Waals surface area (Å²) in [7, 11) is 0. The molecule has 0 saturated carbocycles. The normalized spacial score (nSPS) is 13.3. The molecular weight excluding hydrogens is 769 g/mol. The molecule has 3 nitrogen and oxygen atoms in total. The van der Waals surface area contributed by atoms with Crippen molar-refractivity contribution in [2.75, 3.05) is 0 Å². The third-order valence-corrected chi connectivity index (χ3v) is 14.5. The lowest BCUT2D eigenvalue weighted by Gasteiger charge is -2.39. The van der Waals surface area contributed by atoms with Gasteiger partial charge in [0.15, 0.2) is 0 Å². The van der Waals surface area contributed by atoms with Gasteiger partial charge in [0.2, 0.25) is 0 Å². The minimum Gasteiger partial charge on any atom is -0.457 e. The van der Waals surface area contributed by atoms with Gasteiger partial charge in [0.05, 0.1) is 25.8 Å². The van der Waals surface area contributed by atoms with E-state index >= 15 is 0 Å². The zero-order valence-corrected chi connectivity index (χ0v) is 33.7. The molecule has 5 heteroatoms. The lowest BCUT2D eigenvalue weighted by Crippen LogP contribution is -2.32. The standard InChI is InChI=1S/C55H32N2OS2/c1-2-13-36-32-46-42(30-35(36)12-1)41-31-37(24-25-43(41)55(46)44-16-3-7-20-49(44)58-50-21-8-4-17-45(50)55)33-14-11-15-34(26-33)38-27-39(53-56-47-18-5-9-22-51(47)59-53)29-40(28-38)54-57-48-19-6-10-23-52(48)60-54/h1-32H. The first-order valence-electron chi connectivity index (χ1n) is 20.2. The van der Waals surface area contributed by atoms with Crippen molar-refractivity contribution in [1.82, 2.24) is 9.97 Å². The van der Waals surface area contributed by atoms with E-state index in [9.17, 15) is 0 Å². The molecule has 1 aliphatic carbocycles. The van der Waals surface area contributed by atoms with Crippen LogP contribution in [0.2, 0.25) is 0 Å². The Hall–Kier alpha value is -7.18. The highest BCUT2D eigenvalue weighted by molar-refractivity contribution is 7.22. The fourth-order valence-electron chi connectivity index (χ4n) is 9.68. The molecule has 0 saturated heterocycles. The van der Waals surface area contributed by atoms with Gasteiger partial charge in [-0.2, -0.15) is 0 Å². The SMILES string of the molecule is c1cc(-c2cc(-c3nc4ccccc4s3)cc(-c3nc4ccccc4s3)c2)cc(-c2ccc3c(c2)-c2cc4ccccc4cc2C32c3ccccc3Oc3ccccc32)c1. The highest BCUT2D eigenvalue weighted by Crippen LogP contribution is 2.63. The van der Waals surface area contributed by atoms with Crippen LogP contribution in [0.1, 0.15) is 22.3 Å². The fraction of sp³-hybridized carbons (Fsp3) is 0.0182. The lowest BCUT2D eigenvalue weighted by atomic mass is 9.66. The molecule has 0 radical (unpaired) electrons. The molecule has 0 fully saturated rings. The predicted octanol–water partition coefficient (Wildman–Crippen LogP) is 15.2. The summed E-state index contributed by atoms with van der Waals surface area (Å²) in [6.07, 6.45) is 0.